The van der Waals surface area contributed by atoms with Crippen molar-refractivity contribution < 1.29 is 9.53 Å². The largest absolute Gasteiger partial charge is 0.442 e. The van der Waals surface area contributed by atoms with E-state index in [2.05, 4.69) is 20.3 Å². The van der Waals surface area contributed by atoms with E-state index in [-0.39, 0.29) is 5.56 Å². The fraction of sp³-hybridized carbons (Fsp3) is 0.409. The molecule has 0 atom stereocenters. The summed E-state index contributed by atoms with van der Waals surface area (Å²) in [7, 11) is 0. The van der Waals surface area contributed by atoms with Gasteiger partial charge in [0.1, 0.15) is 17.4 Å². The van der Waals surface area contributed by atoms with E-state index in [1.165, 1.54) is 10.8 Å². The first-order chi connectivity index (χ1) is 15.2. The number of piperidine rings is 1. The van der Waals surface area contributed by atoms with Crippen molar-refractivity contribution in [2.24, 2.45) is 4.99 Å². The molecule has 9 nitrogen and oxygen atoms in total. The lowest BCUT2D eigenvalue weighted by atomic mass is 10.0. The van der Waals surface area contributed by atoms with Crippen molar-refractivity contribution in [2.45, 2.75) is 45.6 Å². The number of carbonyl (C=O) groups excluding carboxylic acids is 1. The van der Waals surface area contributed by atoms with Gasteiger partial charge >= 0.3 is 6.09 Å². The number of carbonyl (C=O) groups is 1. The lowest BCUT2D eigenvalue weighted by Crippen LogP contribution is -2.37. The molecule has 1 aliphatic heterocycles. The second-order valence-electron chi connectivity index (χ2n) is 8.73. The minimum Gasteiger partial charge on any atom is -0.442 e. The maximum absolute atomic E-state index is 12.6. The quantitative estimate of drug-likeness (QED) is 0.645. The number of aromatic amines is 1. The Balaban J connectivity index is 1.71. The van der Waals surface area contributed by atoms with Crippen LogP contribution in [-0.4, -0.2) is 50.3 Å². The Labute approximate surface area is 190 Å². The molecule has 1 fully saturated rings. The fourth-order valence-corrected chi connectivity index (χ4v) is 3.97. The lowest BCUT2D eigenvalue weighted by Gasteiger charge is -2.29. The first-order valence-corrected chi connectivity index (χ1v) is 10.8. The van der Waals surface area contributed by atoms with Crippen LogP contribution in [0.2, 0.25) is 5.02 Å². The average Bonchev–Trinajstić information content (AvgIpc) is 3.08. The van der Waals surface area contributed by atoms with Crippen LogP contribution < -0.4 is 10.5 Å². The highest BCUT2D eigenvalue weighted by Crippen LogP contribution is 2.29. The summed E-state index contributed by atoms with van der Waals surface area (Å²) in [5, 5.41) is 11.6. The van der Waals surface area contributed by atoms with Gasteiger partial charge in [0.15, 0.2) is 5.82 Å². The number of ether oxygens (including phenoxy) is 1. The molecule has 1 N–H and O–H groups in total. The standard InChI is InChI=1S/C22H25ClN6O3/c1-22(2,3)32-21(31)25-15-8-6-10-28(12-15)19-16(11-14-7-4-5-9-17(14)23)18-20(30)26-24-13-29(18)27-19/h4-5,7,9,13H,6,8,10-12H2,1-3H3,(H,26,30). The van der Waals surface area contributed by atoms with Gasteiger partial charge in [-0.25, -0.2) is 14.4 Å². The summed E-state index contributed by atoms with van der Waals surface area (Å²) in [5.74, 6) is 0.653. The summed E-state index contributed by atoms with van der Waals surface area (Å²) in [6.07, 6.45) is 2.80. The minimum atomic E-state index is -0.604. The molecule has 1 amide bonds. The number of hydrogen-bond acceptors (Lipinski definition) is 6. The molecular weight excluding hydrogens is 432 g/mol. The third-order valence-electron chi connectivity index (χ3n) is 5.07. The van der Waals surface area contributed by atoms with Crippen LogP contribution in [0.3, 0.4) is 0 Å². The average molecular weight is 457 g/mol. The number of nitrogens with one attached hydrogen (secondary N) is 1. The van der Waals surface area contributed by atoms with Gasteiger partial charge in [-0.1, -0.05) is 29.8 Å². The first kappa shape index (κ1) is 22.0. The number of aliphatic imine (C=N–C) groups is 1. The molecule has 4 rings (SSSR count). The van der Waals surface area contributed by atoms with Crippen molar-refractivity contribution in [3.05, 3.63) is 57.1 Å². The van der Waals surface area contributed by atoms with Gasteiger partial charge in [-0.05, 0) is 45.2 Å². The SMILES string of the molecule is CC(C)(C)OC(=O)N=C1CCCN(c2nn3cn[nH]c(=O)c3c2Cc2ccccc2Cl)C1. The van der Waals surface area contributed by atoms with Gasteiger partial charge in [-0.15, -0.1) is 5.10 Å². The van der Waals surface area contributed by atoms with Gasteiger partial charge in [0.25, 0.3) is 5.56 Å². The monoisotopic (exact) mass is 456 g/mol. The zero-order valence-corrected chi connectivity index (χ0v) is 19.0. The van der Waals surface area contributed by atoms with E-state index < -0.39 is 11.7 Å². The Morgan fingerprint density at radius 1 is 1.31 bits per heavy atom. The molecule has 1 aromatic carbocycles. The molecule has 32 heavy (non-hydrogen) atoms. The smallest absolute Gasteiger partial charge is 0.434 e. The Morgan fingerprint density at radius 2 is 2.09 bits per heavy atom. The number of H-pyrrole nitrogens is 1. The van der Waals surface area contributed by atoms with E-state index in [1.54, 1.807) is 0 Å². The summed E-state index contributed by atoms with van der Waals surface area (Å²) in [6.45, 7) is 6.56. The molecular formula is C22H25ClN6O3. The molecule has 0 radical (unpaired) electrons. The second-order valence-corrected chi connectivity index (χ2v) is 9.14. The zero-order chi connectivity index (χ0) is 22.9. The zero-order valence-electron chi connectivity index (χ0n) is 18.3. The van der Waals surface area contributed by atoms with E-state index >= 15 is 0 Å². The van der Waals surface area contributed by atoms with Gasteiger partial charge in [-0.2, -0.15) is 10.1 Å². The van der Waals surface area contributed by atoms with Gasteiger partial charge < -0.3 is 9.64 Å². The molecule has 3 heterocycles. The number of halogens is 1. The maximum atomic E-state index is 12.6. The number of hydrogen-bond donors (Lipinski definition) is 1. The summed E-state index contributed by atoms with van der Waals surface area (Å²) in [4.78, 5) is 31.0. The van der Waals surface area contributed by atoms with Crippen LogP contribution in [0.15, 0.2) is 40.4 Å². The van der Waals surface area contributed by atoms with Crippen molar-refractivity contribution in [3.63, 3.8) is 0 Å². The van der Waals surface area contributed by atoms with Crippen LogP contribution in [0.4, 0.5) is 10.6 Å². The second kappa shape index (κ2) is 8.74. The third kappa shape index (κ3) is 4.83. The predicted octanol–water partition coefficient (Wildman–Crippen LogP) is 3.64. The molecule has 0 unspecified atom stereocenters. The maximum Gasteiger partial charge on any atom is 0.434 e. The van der Waals surface area contributed by atoms with Gasteiger partial charge in [-0.3, -0.25) is 4.79 Å². The van der Waals surface area contributed by atoms with Crippen LogP contribution in [0.5, 0.6) is 0 Å². The molecule has 1 saturated heterocycles. The molecule has 2 aromatic heterocycles. The van der Waals surface area contributed by atoms with Crippen LogP contribution in [0.25, 0.3) is 5.52 Å². The summed E-state index contributed by atoms with van der Waals surface area (Å²) >= 11 is 6.39. The lowest BCUT2D eigenvalue weighted by molar-refractivity contribution is 0.0603. The molecule has 0 spiro atoms. The van der Waals surface area contributed by atoms with Crippen LogP contribution in [0.1, 0.15) is 44.7 Å². The molecule has 168 valence electrons. The van der Waals surface area contributed by atoms with Crippen LogP contribution >= 0.6 is 11.6 Å². The Bertz CT molecular complexity index is 1240. The number of rotatable bonds is 3. The Morgan fingerprint density at radius 3 is 2.84 bits per heavy atom. The van der Waals surface area contributed by atoms with E-state index in [9.17, 15) is 9.59 Å². The van der Waals surface area contributed by atoms with Crippen molar-refractivity contribution in [1.82, 2.24) is 19.8 Å². The minimum absolute atomic E-state index is 0.326. The first-order valence-electron chi connectivity index (χ1n) is 10.4. The third-order valence-corrected chi connectivity index (χ3v) is 5.44. The van der Waals surface area contributed by atoms with Crippen molar-refractivity contribution in [2.75, 3.05) is 18.0 Å². The number of benzene rings is 1. The number of aromatic nitrogens is 4. The predicted molar refractivity (Wildman–Crippen MR) is 123 cm³/mol. The number of amides is 1. The molecule has 0 bridgehead atoms. The molecule has 1 aliphatic rings. The summed E-state index contributed by atoms with van der Waals surface area (Å²) in [6, 6.07) is 7.52. The Hall–Kier alpha value is -3.20. The van der Waals surface area contributed by atoms with E-state index in [0.29, 0.717) is 35.7 Å². The van der Waals surface area contributed by atoms with Crippen LogP contribution in [-0.2, 0) is 11.2 Å². The topological polar surface area (TPSA) is 105 Å². The van der Waals surface area contributed by atoms with Gasteiger partial charge in [0, 0.05) is 29.3 Å². The van der Waals surface area contributed by atoms with Crippen molar-refractivity contribution in [1.29, 1.82) is 0 Å². The van der Waals surface area contributed by atoms with E-state index in [4.69, 9.17) is 16.3 Å². The summed E-state index contributed by atoms with van der Waals surface area (Å²) in [5.41, 5.74) is 1.85. The fourth-order valence-electron chi connectivity index (χ4n) is 3.76. The highest BCUT2D eigenvalue weighted by atomic mass is 35.5. The molecule has 3 aromatic rings. The van der Waals surface area contributed by atoms with E-state index in [1.807, 2.05) is 49.9 Å². The van der Waals surface area contributed by atoms with Crippen molar-refractivity contribution in [3.8, 4) is 0 Å². The summed E-state index contributed by atoms with van der Waals surface area (Å²) < 4.78 is 6.81. The molecule has 0 saturated carbocycles. The number of anilines is 1. The molecule has 0 aliphatic carbocycles. The van der Waals surface area contributed by atoms with Crippen LogP contribution in [0, 0.1) is 0 Å². The number of nitrogens with zero attached hydrogens (tertiary/aromatic N) is 5. The van der Waals surface area contributed by atoms with Gasteiger partial charge in [0.2, 0.25) is 0 Å². The highest BCUT2D eigenvalue weighted by Gasteiger charge is 2.26. The number of fused-ring (bicyclic) bond motifs is 1. The van der Waals surface area contributed by atoms with Crippen molar-refractivity contribution >= 4 is 34.7 Å². The Kier molecular flexibility index (Phi) is 6.01. The van der Waals surface area contributed by atoms with E-state index in [0.717, 1.165) is 29.8 Å². The normalized spacial score (nSPS) is 16.0. The highest BCUT2D eigenvalue weighted by molar-refractivity contribution is 6.31. The molecule has 10 heteroatoms. The van der Waals surface area contributed by atoms with Gasteiger partial charge in [0.05, 0.1) is 6.54 Å².